The maximum Gasteiger partial charge on any atom is 0.259 e. The lowest BCUT2D eigenvalue weighted by Crippen LogP contribution is -2.32. The Hall–Kier alpha value is -2.31. The van der Waals surface area contributed by atoms with Crippen LogP contribution in [0.5, 0.6) is 5.75 Å². The van der Waals surface area contributed by atoms with E-state index in [9.17, 15) is 4.79 Å². The minimum atomic E-state index is -0.115. The zero-order valence-electron chi connectivity index (χ0n) is 14.7. The van der Waals surface area contributed by atoms with Crippen LogP contribution in [0.3, 0.4) is 0 Å². The van der Waals surface area contributed by atoms with Crippen LogP contribution in [0.4, 0.5) is 0 Å². The number of nitrogens with one attached hydrogen (secondary N) is 1. The fourth-order valence-corrected chi connectivity index (χ4v) is 4.25. The number of aromatic amines is 1. The zero-order valence-corrected chi connectivity index (χ0v) is 15.5. The molecule has 1 saturated heterocycles. The number of fused-ring (bicyclic) bond motifs is 1. The molecule has 4 rings (SSSR count). The molecule has 0 atom stereocenters. The summed E-state index contributed by atoms with van der Waals surface area (Å²) < 4.78 is 5.55. The SMILES string of the molecule is COc1ccc(-c2nc3ccccc3c(=O)[nH]2)cc1CN1CCSCC1. The van der Waals surface area contributed by atoms with E-state index in [4.69, 9.17) is 4.74 Å². The van der Waals surface area contributed by atoms with E-state index < -0.39 is 0 Å². The molecule has 3 aromatic rings. The second kappa shape index (κ2) is 7.51. The van der Waals surface area contributed by atoms with Gasteiger partial charge in [0.1, 0.15) is 11.6 Å². The van der Waals surface area contributed by atoms with Crippen molar-refractivity contribution >= 4 is 22.7 Å². The van der Waals surface area contributed by atoms with Crippen LogP contribution in [0.25, 0.3) is 22.3 Å². The molecule has 0 radical (unpaired) electrons. The largest absolute Gasteiger partial charge is 0.496 e. The maximum absolute atomic E-state index is 12.4. The van der Waals surface area contributed by atoms with Crippen molar-refractivity contribution in [3.8, 4) is 17.1 Å². The number of hydrogen-bond acceptors (Lipinski definition) is 5. The molecule has 1 fully saturated rings. The van der Waals surface area contributed by atoms with E-state index in [0.717, 1.165) is 36.5 Å². The van der Waals surface area contributed by atoms with Gasteiger partial charge < -0.3 is 9.72 Å². The Labute approximate surface area is 156 Å². The first-order valence-electron chi connectivity index (χ1n) is 8.71. The maximum atomic E-state index is 12.4. The first-order valence-corrected chi connectivity index (χ1v) is 9.86. The molecule has 0 amide bonds. The zero-order chi connectivity index (χ0) is 17.9. The molecule has 1 aliphatic rings. The van der Waals surface area contributed by atoms with Gasteiger partial charge >= 0.3 is 0 Å². The van der Waals surface area contributed by atoms with Crippen molar-refractivity contribution in [2.75, 3.05) is 31.7 Å². The van der Waals surface area contributed by atoms with Crippen molar-refractivity contribution in [2.45, 2.75) is 6.54 Å². The van der Waals surface area contributed by atoms with Crippen LogP contribution >= 0.6 is 11.8 Å². The molecule has 1 aliphatic heterocycles. The van der Waals surface area contributed by atoms with Crippen molar-refractivity contribution in [1.29, 1.82) is 0 Å². The monoisotopic (exact) mass is 367 g/mol. The number of methoxy groups -OCH3 is 1. The molecule has 0 saturated carbocycles. The highest BCUT2D eigenvalue weighted by Crippen LogP contribution is 2.27. The summed E-state index contributed by atoms with van der Waals surface area (Å²) in [5.41, 5.74) is 2.61. The highest BCUT2D eigenvalue weighted by molar-refractivity contribution is 7.99. The first-order chi connectivity index (χ1) is 12.7. The highest BCUT2D eigenvalue weighted by atomic mass is 32.2. The number of aromatic nitrogens is 2. The third-order valence-corrected chi connectivity index (χ3v) is 5.61. The fraction of sp³-hybridized carbons (Fsp3) is 0.300. The van der Waals surface area contributed by atoms with Gasteiger partial charge in [0.05, 0.1) is 18.0 Å². The molecule has 5 nitrogen and oxygen atoms in total. The molecule has 0 spiro atoms. The standard InChI is InChI=1S/C20H21N3O2S/c1-25-18-7-6-14(12-15(18)13-23-8-10-26-11-9-23)19-21-17-5-3-2-4-16(17)20(24)22-19/h2-7,12H,8-11,13H2,1H3,(H,21,22,24). The molecule has 134 valence electrons. The normalized spacial score (nSPS) is 15.3. The van der Waals surface area contributed by atoms with Crippen LogP contribution < -0.4 is 10.3 Å². The average molecular weight is 367 g/mol. The summed E-state index contributed by atoms with van der Waals surface area (Å²) in [5, 5.41) is 0.607. The predicted octanol–water partition coefficient (Wildman–Crippen LogP) is 3.15. The van der Waals surface area contributed by atoms with Crippen LogP contribution in [-0.4, -0.2) is 46.6 Å². The van der Waals surface area contributed by atoms with E-state index in [-0.39, 0.29) is 5.56 Å². The molecular weight excluding hydrogens is 346 g/mol. The van der Waals surface area contributed by atoms with Crippen LogP contribution in [0.15, 0.2) is 47.3 Å². The third kappa shape index (κ3) is 3.48. The van der Waals surface area contributed by atoms with E-state index in [1.54, 1.807) is 13.2 Å². The summed E-state index contributed by atoms with van der Waals surface area (Å²) in [4.78, 5) is 22.4. The Bertz CT molecular complexity index is 980. The first kappa shape index (κ1) is 17.1. The molecule has 0 aliphatic carbocycles. The van der Waals surface area contributed by atoms with E-state index in [2.05, 4.69) is 20.9 Å². The van der Waals surface area contributed by atoms with Gasteiger partial charge in [-0.25, -0.2) is 4.98 Å². The summed E-state index contributed by atoms with van der Waals surface area (Å²) in [6, 6.07) is 13.4. The smallest absolute Gasteiger partial charge is 0.259 e. The van der Waals surface area contributed by atoms with Gasteiger partial charge in [0.15, 0.2) is 0 Å². The Balaban J connectivity index is 1.72. The molecular formula is C20H21N3O2S. The van der Waals surface area contributed by atoms with Crippen molar-refractivity contribution < 1.29 is 4.74 Å². The predicted molar refractivity (Wildman–Crippen MR) is 107 cm³/mol. The van der Waals surface area contributed by atoms with Gasteiger partial charge in [-0.2, -0.15) is 11.8 Å². The highest BCUT2D eigenvalue weighted by Gasteiger charge is 2.15. The average Bonchev–Trinajstić information content (AvgIpc) is 2.69. The summed E-state index contributed by atoms with van der Waals surface area (Å²) >= 11 is 2.00. The van der Waals surface area contributed by atoms with Crippen LogP contribution in [-0.2, 0) is 6.54 Å². The Kier molecular flexibility index (Phi) is 4.95. The van der Waals surface area contributed by atoms with Gasteiger partial charge in [-0.05, 0) is 30.3 Å². The van der Waals surface area contributed by atoms with Crippen molar-refractivity contribution in [3.63, 3.8) is 0 Å². The minimum absolute atomic E-state index is 0.115. The topological polar surface area (TPSA) is 58.2 Å². The lowest BCUT2D eigenvalue weighted by molar-refractivity contribution is 0.288. The van der Waals surface area contributed by atoms with E-state index >= 15 is 0 Å². The number of nitrogens with zero attached hydrogens (tertiary/aromatic N) is 2. The van der Waals surface area contributed by atoms with Gasteiger partial charge in [0, 0.05) is 42.3 Å². The second-order valence-corrected chi connectivity index (χ2v) is 7.57. The summed E-state index contributed by atoms with van der Waals surface area (Å²) in [6.45, 7) is 3.02. The minimum Gasteiger partial charge on any atom is -0.496 e. The number of ether oxygens (including phenoxy) is 1. The van der Waals surface area contributed by atoms with Crippen LogP contribution in [0.1, 0.15) is 5.56 Å². The molecule has 2 aromatic carbocycles. The molecule has 2 heterocycles. The van der Waals surface area contributed by atoms with Gasteiger partial charge in [0.2, 0.25) is 0 Å². The van der Waals surface area contributed by atoms with Crippen molar-refractivity contribution in [1.82, 2.24) is 14.9 Å². The number of para-hydroxylation sites is 1. The Morgan fingerprint density at radius 3 is 2.81 bits per heavy atom. The second-order valence-electron chi connectivity index (χ2n) is 6.35. The number of H-pyrrole nitrogens is 1. The summed E-state index contributed by atoms with van der Waals surface area (Å²) in [7, 11) is 1.70. The van der Waals surface area contributed by atoms with Gasteiger partial charge in [0.25, 0.3) is 5.56 Å². The van der Waals surface area contributed by atoms with E-state index in [1.165, 1.54) is 11.5 Å². The number of benzene rings is 2. The molecule has 0 bridgehead atoms. The Morgan fingerprint density at radius 2 is 2.00 bits per heavy atom. The van der Waals surface area contributed by atoms with Crippen molar-refractivity contribution in [3.05, 3.63) is 58.4 Å². The van der Waals surface area contributed by atoms with E-state index in [1.807, 2.05) is 42.1 Å². The summed E-state index contributed by atoms with van der Waals surface area (Å²) in [5.74, 6) is 3.80. The van der Waals surface area contributed by atoms with Crippen LogP contribution in [0, 0.1) is 0 Å². The van der Waals surface area contributed by atoms with Crippen LogP contribution in [0.2, 0.25) is 0 Å². The fourth-order valence-electron chi connectivity index (χ4n) is 3.27. The summed E-state index contributed by atoms with van der Waals surface area (Å²) in [6.07, 6.45) is 0. The molecule has 1 aromatic heterocycles. The third-order valence-electron chi connectivity index (χ3n) is 4.66. The number of hydrogen-bond donors (Lipinski definition) is 1. The lowest BCUT2D eigenvalue weighted by atomic mass is 10.1. The molecule has 1 N–H and O–H groups in total. The lowest BCUT2D eigenvalue weighted by Gasteiger charge is -2.27. The van der Waals surface area contributed by atoms with E-state index in [0.29, 0.717) is 16.7 Å². The quantitative estimate of drug-likeness (QED) is 0.768. The molecule has 26 heavy (non-hydrogen) atoms. The van der Waals surface area contributed by atoms with Crippen molar-refractivity contribution in [2.24, 2.45) is 0 Å². The molecule has 0 unspecified atom stereocenters. The number of thioether (sulfide) groups is 1. The van der Waals surface area contributed by atoms with Gasteiger partial charge in [-0.3, -0.25) is 9.69 Å². The molecule has 6 heteroatoms. The van der Waals surface area contributed by atoms with Gasteiger partial charge in [-0.15, -0.1) is 0 Å². The Morgan fingerprint density at radius 1 is 1.19 bits per heavy atom. The van der Waals surface area contributed by atoms with Gasteiger partial charge in [-0.1, -0.05) is 12.1 Å². The number of rotatable bonds is 4.